The van der Waals surface area contributed by atoms with Crippen LogP contribution in [0.3, 0.4) is 0 Å². The quantitative estimate of drug-likeness (QED) is 0.200. The molecule has 3 aromatic carbocycles. The summed E-state index contributed by atoms with van der Waals surface area (Å²) in [5.74, 6) is 0.629. The van der Waals surface area contributed by atoms with E-state index in [0.717, 1.165) is 25.8 Å². The fourth-order valence-corrected chi connectivity index (χ4v) is 5.40. The summed E-state index contributed by atoms with van der Waals surface area (Å²) in [6.07, 6.45) is 1.66. The molecule has 0 N–H and O–H groups in total. The summed E-state index contributed by atoms with van der Waals surface area (Å²) >= 11 is 21.1. The SMILES string of the molecule is COc1cc(/C=C2/SC(=O)N(c3ccc(Cl)cc3)C2=O)cc(I)c1OCc1ccc(Cl)cc1Cl. The Labute approximate surface area is 229 Å². The zero-order valence-electron chi connectivity index (χ0n) is 17.5. The van der Waals surface area contributed by atoms with Gasteiger partial charge in [0.25, 0.3) is 11.1 Å². The number of carbonyl (C=O) groups excluding carboxylic acids is 2. The lowest BCUT2D eigenvalue weighted by atomic mass is 10.1. The molecule has 1 aliphatic rings. The molecule has 1 fully saturated rings. The van der Waals surface area contributed by atoms with Gasteiger partial charge in [0.2, 0.25) is 0 Å². The van der Waals surface area contributed by atoms with Crippen molar-refractivity contribution in [2.45, 2.75) is 6.61 Å². The highest BCUT2D eigenvalue weighted by molar-refractivity contribution is 14.1. The van der Waals surface area contributed by atoms with Gasteiger partial charge in [-0.1, -0.05) is 40.9 Å². The number of amides is 2. The van der Waals surface area contributed by atoms with Crippen LogP contribution >= 0.6 is 69.2 Å². The largest absolute Gasteiger partial charge is 0.493 e. The highest BCUT2D eigenvalue weighted by Crippen LogP contribution is 2.39. The molecule has 174 valence electrons. The Balaban J connectivity index is 1.58. The van der Waals surface area contributed by atoms with Gasteiger partial charge in [-0.05, 0) is 94.5 Å². The number of hydrogen-bond acceptors (Lipinski definition) is 5. The van der Waals surface area contributed by atoms with Crippen molar-refractivity contribution in [1.29, 1.82) is 0 Å². The van der Waals surface area contributed by atoms with E-state index in [4.69, 9.17) is 44.3 Å². The third-order valence-corrected chi connectivity index (χ3v) is 7.32. The van der Waals surface area contributed by atoms with Crippen LogP contribution in [-0.4, -0.2) is 18.3 Å². The summed E-state index contributed by atoms with van der Waals surface area (Å²) in [6.45, 7) is 0.224. The molecule has 3 aromatic rings. The molecular formula is C24H15Cl3INO4S. The molecule has 0 aliphatic carbocycles. The predicted molar refractivity (Wildman–Crippen MR) is 146 cm³/mol. The zero-order valence-corrected chi connectivity index (χ0v) is 22.7. The first-order chi connectivity index (χ1) is 16.3. The average molecular weight is 647 g/mol. The summed E-state index contributed by atoms with van der Waals surface area (Å²) < 4.78 is 12.3. The molecule has 0 spiro atoms. The maximum atomic E-state index is 12.9. The summed E-state index contributed by atoms with van der Waals surface area (Å²) in [4.78, 5) is 26.9. The van der Waals surface area contributed by atoms with Gasteiger partial charge in [0.15, 0.2) is 11.5 Å². The molecule has 10 heteroatoms. The molecular weight excluding hydrogens is 632 g/mol. The first-order valence-corrected chi connectivity index (χ1v) is 12.8. The van der Waals surface area contributed by atoms with Crippen molar-refractivity contribution >= 4 is 92.1 Å². The second-order valence-corrected chi connectivity index (χ2v) is 10.5. The molecule has 1 heterocycles. The van der Waals surface area contributed by atoms with Crippen LogP contribution in [-0.2, 0) is 11.4 Å². The van der Waals surface area contributed by atoms with Crippen molar-refractivity contribution in [2.24, 2.45) is 0 Å². The third-order valence-electron chi connectivity index (χ3n) is 4.82. The Morgan fingerprint density at radius 2 is 1.71 bits per heavy atom. The van der Waals surface area contributed by atoms with Crippen LogP contribution in [0.1, 0.15) is 11.1 Å². The van der Waals surface area contributed by atoms with Crippen LogP contribution in [0.4, 0.5) is 10.5 Å². The molecule has 1 saturated heterocycles. The van der Waals surface area contributed by atoms with Crippen LogP contribution in [0.5, 0.6) is 11.5 Å². The lowest BCUT2D eigenvalue weighted by molar-refractivity contribution is -0.113. The zero-order chi connectivity index (χ0) is 24.4. The number of methoxy groups -OCH3 is 1. The lowest BCUT2D eigenvalue weighted by Gasteiger charge is -2.14. The van der Waals surface area contributed by atoms with E-state index >= 15 is 0 Å². The lowest BCUT2D eigenvalue weighted by Crippen LogP contribution is -2.27. The molecule has 0 atom stereocenters. The van der Waals surface area contributed by atoms with E-state index in [-0.39, 0.29) is 11.8 Å². The smallest absolute Gasteiger partial charge is 0.298 e. The van der Waals surface area contributed by atoms with Gasteiger partial charge < -0.3 is 9.47 Å². The van der Waals surface area contributed by atoms with Crippen LogP contribution in [0.15, 0.2) is 59.5 Å². The third kappa shape index (κ3) is 5.49. The number of carbonyl (C=O) groups is 2. The van der Waals surface area contributed by atoms with Gasteiger partial charge in [-0.25, -0.2) is 4.90 Å². The van der Waals surface area contributed by atoms with Gasteiger partial charge in [-0.15, -0.1) is 0 Å². The number of ether oxygens (including phenoxy) is 2. The van der Waals surface area contributed by atoms with Crippen LogP contribution in [0.25, 0.3) is 6.08 Å². The Bertz CT molecular complexity index is 1310. The molecule has 2 amide bonds. The maximum absolute atomic E-state index is 12.9. The van der Waals surface area contributed by atoms with Crippen molar-refractivity contribution in [3.8, 4) is 11.5 Å². The molecule has 5 nitrogen and oxygen atoms in total. The fraction of sp³-hybridized carbons (Fsp3) is 0.0833. The highest BCUT2D eigenvalue weighted by atomic mass is 127. The number of hydrogen-bond donors (Lipinski definition) is 0. The van der Waals surface area contributed by atoms with Crippen LogP contribution in [0.2, 0.25) is 15.1 Å². The molecule has 0 bridgehead atoms. The minimum Gasteiger partial charge on any atom is -0.493 e. The Kier molecular flexibility index (Phi) is 7.99. The average Bonchev–Trinajstić information content (AvgIpc) is 3.07. The number of halogens is 4. The summed E-state index contributed by atoms with van der Waals surface area (Å²) in [5.41, 5.74) is 1.94. The number of thioether (sulfide) groups is 1. The molecule has 0 radical (unpaired) electrons. The van der Waals surface area contributed by atoms with E-state index in [1.54, 1.807) is 54.6 Å². The topological polar surface area (TPSA) is 55.8 Å². The molecule has 0 saturated carbocycles. The highest BCUT2D eigenvalue weighted by Gasteiger charge is 2.36. The van der Waals surface area contributed by atoms with Gasteiger partial charge in [-0.3, -0.25) is 9.59 Å². The van der Waals surface area contributed by atoms with Crippen molar-refractivity contribution in [3.63, 3.8) is 0 Å². The van der Waals surface area contributed by atoms with Crippen molar-refractivity contribution in [1.82, 2.24) is 0 Å². The predicted octanol–water partition coefficient (Wildman–Crippen LogP) is 8.08. The van der Waals surface area contributed by atoms with Crippen molar-refractivity contribution in [3.05, 3.63) is 89.3 Å². The van der Waals surface area contributed by atoms with Crippen LogP contribution < -0.4 is 14.4 Å². The second-order valence-electron chi connectivity index (χ2n) is 7.05. The number of rotatable bonds is 6. The maximum Gasteiger partial charge on any atom is 0.298 e. The Hall–Kier alpha value is -1.91. The Morgan fingerprint density at radius 3 is 2.38 bits per heavy atom. The Morgan fingerprint density at radius 1 is 1.00 bits per heavy atom. The molecule has 0 aromatic heterocycles. The fourth-order valence-electron chi connectivity index (χ4n) is 3.18. The van der Waals surface area contributed by atoms with E-state index in [9.17, 15) is 9.59 Å². The number of benzene rings is 3. The summed E-state index contributed by atoms with van der Waals surface area (Å²) in [5, 5.41) is 1.20. The summed E-state index contributed by atoms with van der Waals surface area (Å²) in [7, 11) is 1.53. The monoisotopic (exact) mass is 645 g/mol. The summed E-state index contributed by atoms with van der Waals surface area (Å²) in [6, 6.07) is 15.3. The van der Waals surface area contributed by atoms with E-state index < -0.39 is 5.91 Å². The van der Waals surface area contributed by atoms with Crippen LogP contribution in [0, 0.1) is 3.57 Å². The normalized spacial score (nSPS) is 14.7. The van der Waals surface area contributed by atoms with Gasteiger partial charge in [0, 0.05) is 20.6 Å². The van der Waals surface area contributed by atoms with E-state index in [1.165, 1.54) is 7.11 Å². The minimum absolute atomic E-state index is 0.224. The standard InChI is InChI=1S/C24H15Cl3INO4S/c1-32-20-9-13(8-19(28)22(20)33-12-14-2-3-16(26)11-18(14)27)10-21-23(30)29(24(31)34-21)17-6-4-15(25)5-7-17/h2-11H,12H2,1H3/b21-10+. The molecule has 0 unspecified atom stereocenters. The van der Waals surface area contributed by atoms with Crippen molar-refractivity contribution < 1.29 is 19.1 Å². The first-order valence-electron chi connectivity index (χ1n) is 9.74. The van der Waals surface area contributed by atoms with E-state index in [0.29, 0.717) is 42.7 Å². The van der Waals surface area contributed by atoms with E-state index in [2.05, 4.69) is 22.6 Å². The van der Waals surface area contributed by atoms with E-state index in [1.807, 2.05) is 6.07 Å². The molecule has 34 heavy (non-hydrogen) atoms. The number of imide groups is 1. The first kappa shape index (κ1) is 25.2. The minimum atomic E-state index is -0.399. The second kappa shape index (κ2) is 10.8. The molecule has 1 aliphatic heterocycles. The van der Waals surface area contributed by atoms with Gasteiger partial charge in [0.05, 0.1) is 21.3 Å². The van der Waals surface area contributed by atoms with Gasteiger partial charge in [0.1, 0.15) is 6.61 Å². The van der Waals surface area contributed by atoms with Gasteiger partial charge in [-0.2, -0.15) is 0 Å². The number of nitrogens with zero attached hydrogens (tertiary/aromatic N) is 1. The molecule has 4 rings (SSSR count). The van der Waals surface area contributed by atoms with Crippen molar-refractivity contribution in [2.75, 3.05) is 12.0 Å². The number of anilines is 1. The van der Waals surface area contributed by atoms with Gasteiger partial charge >= 0.3 is 0 Å².